The summed E-state index contributed by atoms with van der Waals surface area (Å²) in [6, 6.07) is 4.95. The van der Waals surface area contributed by atoms with E-state index < -0.39 is 17.4 Å². The van der Waals surface area contributed by atoms with Crippen LogP contribution in [0, 0.1) is 0 Å². The van der Waals surface area contributed by atoms with Crippen LogP contribution in [0.4, 0.5) is 10.5 Å². The van der Waals surface area contributed by atoms with E-state index in [1.54, 1.807) is 4.90 Å². The van der Waals surface area contributed by atoms with Crippen LogP contribution >= 0.6 is 8.86 Å². The molecule has 4 rings (SSSR count). The minimum atomic E-state index is -0.600. The molecular weight excluding hydrogens is 419 g/mol. The topological polar surface area (TPSA) is 97.0 Å². The molecule has 2 fully saturated rings. The summed E-state index contributed by atoms with van der Waals surface area (Å²) in [5, 5.41) is 2.74. The van der Waals surface area contributed by atoms with Crippen molar-refractivity contribution in [2.24, 2.45) is 0 Å². The summed E-state index contributed by atoms with van der Waals surface area (Å²) in [4.78, 5) is 41.0. The second-order valence-corrected chi connectivity index (χ2v) is 9.47. The molecule has 9 nitrogen and oxygen atoms in total. The maximum Gasteiger partial charge on any atom is 0.420 e. The van der Waals surface area contributed by atoms with Gasteiger partial charge in [-0.15, -0.1) is 8.86 Å². The van der Waals surface area contributed by atoms with Crippen molar-refractivity contribution in [3.63, 3.8) is 0 Å². The highest BCUT2D eigenvalue weighted by molar-refractivity contribution is 7.21. The lowest BCUT2D eigenvalue weighted by Gasteiger charge is -2.36. The van der Waals surface area contributed by atoms with Crippen LogP contribution in [0.2, 0.25) is 0 Å². The first kappa shape index (κ1) is 21.4. The van der Waals surface area contributed by atoms with Crippen molar-refractivity contribution in [1.29, 1.82) is 0 Å². The molecule has 2 saturated heterocycles. The normalized spacial score (nSPS) is 20.2. The zero-order valence-electron chi connectivity index (χ0n) is 17.9. The number of carbonyl (C=O) groups excluding carboxylic acids is 2. The first-order valence-electron chi connectivity index (χ1n) is 10.4. The molecule has 2 aliphatic heterocycles. The number of hydrogen-bond donors (Lipinski definition) is 1. The van der Waals surface area contributed by atoms with Gasteiger partial charge in [0.25, 0.3) is 0 Å². The number of ether oxygens (including phenoxy) is 1. The molecule has 1 N–H and O–H groups in total. The number of nitrogens with zero attached hydrogens (tertiary/aromatic N) is 3. The molecule has 0 aliphatic carbocycles. The Balaban J connectivity index is 1.50. The predicted octanol–water partition coefficient (Wildman–Crippen LogP) is 2.38. The van der Waals surface area contributed by atoms with Gasteiger partial charge in [-0.05, 0) is 45.7 Å². The van der Waals surface area contributed by atoms with Crippen LogP contribution in [0.25, 0.3) is 11.1 Å². The largest absolute Gasteiger partial charge is 0.444 e. The van der Waals surface area contributed by atoms with Gasteiger partial charge < -0.3 is 24.3 Å². The number of benzene rings is 1. The number of oxazole rings is 1. The SMILES string of the molecule is CC(C)(C)OC(=O)N1CCN(c2ccc3c(c2)oc(=O)n3C2CCC(=P)NC2=O)CC1. The number of piperidine rings is 1. The maximum atomic E-state index is 12.5. The fourth-order valence-corrected chi connectivity index (χ4v) is 4.21. The lowest BCUT2D eigenvalue weighted by atomic mass is 10.1. The summed E-state index contributed by atoms with van der Waals surface area (Å²) in [6.07, 6.45) is 0.861. The quantitative estimate of drug-likeness (QED) is 0.712. The highest BCUT2D eigenvalue weighted by atomic mass is 31.0. The first-order valence-corrected chi connectivity index (χ1v) is 10.9. The van der Waals surface area contributed by atoms with Crippen LogP contribution in [-0.4, -0.2) is 58.7 Å². The minimum Gasteiger partial charge on any atom is -0.444 e. The molecule has 1 aromatic carbocycles. The Morgan fingerprint density at radius 2 is 1.90 bits per heavy atom. The van der Waals surface area contributed by atoms with Crippen LogP contribution < -0.4 is 16.0 Å². The number of hydrogen-bond acceptors (Lipinski definition) is 6. The van der Waals surface area contributed by atoms with Crippen LogP contribution in [0.5, 0.6) is 0 Å². The van der Waals surface area contributed by atoms with Crippen molar-refractivity contribution in [2.75, 3.05) is 31.1 Å². The molecule has 166 valence electrons. The number of rotatable bonds is 2. The molecule has 3 heterocycles. The zero-order chi connectivity index (χ0) is 22.3. The number of nitrogens with one attached hydrogen (secondary N) is 1. The smallest absolute Gasteiger partial charge is 0.420 e. The highest BCUT2D eigenvalue weighted by Crippen LogP contribution is 2.27. The standard InChI is InChI=1S/C21H27N4O5P/c1-21(2,3)30-19(27)24-10-8-23(9-11-24)13-4-5-14-16(12-13)29-20(28)25(14)15-6-7-17(31)22-18(15)26/h4-5,12,15,31H,6-11H2,1-3H3,(H,22,26). The lowest BCUT2D eigenvalue weighted by Crippen LogP contribution is -2.50. The Bertz CT molecular complexity index is 1090. The Labute approximate surface area is 182 Å². The van der Waals surface area contributed by atoms with E-state index in [2.05, 4.69) is 19.1 Å². The molecular formula is C21H27N4O5P. The predicted molar refractivity (Wildman–Crippen MR) is 120 cm³/mol. The second kappa shape index (κ2) is 8.04. The molecule has 1 atom stereocenters. The summed E-state index contributed by atoms with van der Waals surface area (Å²) in [5.41, 5.74) is 2.14. The molecule has 2 aliphatic rings. The molecule has 10 heteroatoms. The van der Waals surface area contributed by atoms with E-state index in [9.17, 15) is 14.4 Å². The summed E-state index contributed by atoms with van der Waals surface area (Å²) >= 11 is 0. The van der Waals surface area contributed by atoms with Gasteiger partial charge in [0.15, 0.2) is 5.58 Å². The Morgan fingerprint density at radius 1 is 1.19 bits per heavy atom. The van der Waals surface area contributed by atoms with Crippen molar-refractivity contribution in [1.82, 2.24) is 14.8 Å². The summed E-state index contributed by atoms with van der Waals surface area (Å²) < 4.78 is 12.3. The molecule has 1 unspecified atom stereocenters. The maximum absolute atomic E-state index is 12.5. The van der Waals surface area contributed by atoms with E-state index in [0.29, 0.717) is 50.1 Å². The van der Waals surface area contributed by atoms with Gasteiger partial charge in [-0.2, -0.15) is 0 Å². The third-order valence-corrected chi connectivity index (χ3v) is 5.82. The number of aromatic nitrogens is 1. The van der Waals surface area contributed by atoms with Crippen molar-refractivity contribution < 1.29 is 18.7 Å². The van der Waals surface area contributed by atoms with Crippen LogP contribution in [0.1, 0.15) is 39.7 Å². The van der Waals surface area contributed by atoms with Gasteiger partial charge in [-0.25, -0.2) is 9.59 Å². The fourth-order valence-electron chi connectivity index (χ4n) is 3.94. The second-order valence-electron chi connectivity index (χ2n) is 8.87. The van der Waals surface area contributed by atoms with Gasteiger partial charge in [-0.1, -0.05) is 0 Å². The number of piperazine rings is 1. The average molecular weight is 446 g/mol. The van der Waals surface area contributed by atoms with E-state index in [-0.39, 0.29) is 12.0 Å². The summed E-state index contributed by atoms with van der Waals surface area (Å²) in [5.74, 6) is -0.775. The molecule has 2 aromatic rings. The Hall–Kier alpha value is -2.80. The van der Waals surface area contributed by atoms with E-state index in [1.807, 2.05) is 39.0 Å². The van der Waals surface area contributed by atoms with Crippen molar-refractivity contribution in [3.05, 3.63) is 28.7 Å². The van der Waals surface area contributed by atoms with E-state index in [4.69, 9.17) is 9.15 Å². The van der Waals surface area contributed by atoms with Crippen molar-refractivity contribution >= 4 is 43.1 Å². The van der Waals surface area contributed by atoms with Crippen molar-refractivity contribution in [2.45, 2.75) is 45.3 Å². The fraction of sp³-hybridized carbons (Fsp3) is 0.524. The molecule has 0 radical (unpaired) electrons. The monoisotopic (exact) mass is 446 g/mol. The molecule has 2 amide bonds. The van der Waals surface area contributed by atoms with Crippen molar-refractivity contribution in [3.8, 4) is 0 Å². The van der Waals surface area contributed by atoms with Gasteiger partial charge in [0.1, 0.15) is 11.6 Å². The first-order chi connectivity index (χ1) is 14.6. The number of amides is 2. The average Bonchev–Trinajstić information content (AvgIpc) is 3.02. The van der Waals surface area contributed by atoms with Gasteiger partial charge in [0, 0.05) is 43.4 Å². The highest BCUT2D eigenvalue weighted by Gasteiger charge is 2.30. The molecule has 0 saturated carbocycles. The van der Waals surface area contributed by atoms with Gasteiger partial charge in [0.05, 0.1) is 5.52 Å². The van der Waals surface area contributed by atoms with Gasteiger partial charge in [0.2, 0.25) is 5.91 Å². The van der Waals surface area contributed by atoms with E-state index in [1.165, 1.54) is 4.57 Å². The number of anilines is 1. The third kappa shape index (κ3) is 4.46. The summed E-state index contributed by atoms with van der Waals surface area (Å²) in [7, 11) is 3.36. The Kier molecular flexibility index (Phi) is 5.56. The molecule has 0 bridgehead atoms. The van der Waals surface area contributed by atoms with Crippen LogP contribution in [0.15, 0.2) is 27.4 Å². The Morgan fingerprint density at radius 3 is 2.55 bits per heavy atom. The zero-order valence-corrected chi connectivity index (χ0v) is 18.9. The van der Waals surface area contributed by atoms with E-state index >= 15 is 0 Å². The molecule has 31 heavy (non-hydrogen) atoms. The summed E-state index contributed by atoms with van der Waals surface area (Å²) in [6.45, 7) is 7.93. The van der Waals surface area contributed by atoms with E-state index in [0.717, 1.165) is 11.1 Å². The molecule has 1 aromatic heterocycles. The van der Waals surface area contributed by atoms with Crippen LogP contribution in [-0.2, 0) is 9.53 Å². The molecule has 0 spiro atoms. The van der Waals surface area contributed by atoms with Gasteiger partial charge >= 0.3 is 11.8 Å². The van der Waals surface area contributed by atoms with Crippen LogP contribution in [0.3, 0.4) is 0 Å². The third-order valence-electron chi connectivity index (χ3n) is 5.45. The minimum absolute atomic E-state index is 0.233. The lowest BCUT2D eigenvalue weighted by molar-refractivity contribution is -0.123. The number of carbonyl (C=O) groups is 2. The van der Waals surface area contributed by atoms with Gasteiger partial charge in [-0.3, -0.25) is 9.36 Å². The number of fused-ring (bicyclic) bond motifs is 1.